The summed E-state index contributed by atoms with van der Waals surface area (Å²) in [6.07, 6.45) is 6.57. The first-order valence-electron chi connectivity index (χ1n) is 8.98. The predicted molar refractivity (Wildman–Crippen MR) is 107 cm³/mol. The van der Waals surface area contributed by atoms with Gasteiger partial charge in [0.05, 0.1) is 22.6 Å². The Morgan fingerprint density at radius 1 is 1.00 bits per heavy atom. The van der Waals surface area contributed by atoms with Gasteiger partial charge in [-0.2, -0.15) is 5.26 Å². The van der Waals surface area contributed by atoms with Gasteiger partial charge in [-0.25, -0.2) is 8.42 Å². The number of nitriles is 1. The lowest BCUT2D eigenvalue weighted by Crippen LogP contribution is -2.25. The van der Waals surface area contributed by atoms with Crippen LogP contribution in [0.3, 0.4) is 0 Å². The van der Waals surface area contributed by atoms with Gasteiger partial charge in [0.1, 0.15) is 0 Å². The molecule has 6 heteroatoms. The van der Waals surface area contributed by atoms with Gasteiger partial charge in [0.25, 0.3) is 0 Å². The summed E-state index contributed by atoms with van der Waals surface area (Å²) < 4.78 is 28.3. The van der Waals surface area contributed by atoms with Crippen molar-refractivity contribution in [2.24, 2.45) is 0 Å². The molecule has 0 saturated heterocycles. The molecule has 1 aliphatic rings. The molecule has 27 heavy (non-hydrogen) atoms. The van der Waals surface area contributed by atoms with Crippen LogP contribution in [0.15, 0.2) is 54.9 Å². The first-order chi connectivity index (χ1) is 13.1. The van der Waals surface area contributed by atoms with Gasteiger partial charge in [-0.1, -0.05) is 43.2 Å². The molecule has 0 radical (unpaired) electrons. The Labute approximate surface area is 158 Å². The number of fused-ring (bicyclic) bond motifs is 1. The molecule has 0 unspecified atom stereocenters. The van der Waals surface area contributed by atoms with Gasteiger partial charge in [-0.3, -0.25) is 9.71 Å². The highest BCUT2D eigenvalue weighted by Crippen LogP contribution is 2.36. The molecule has 0 spiro atoms. The number of pyridine rings is 1. The van der Waals surface area contributed by atoms with Gasteiger partial charge in [-0.05, 0) is 35.9 Å². The Morgan fingerprint density at radius 3 is 2.48 bits per heavy atom. The van der Waals surface area contributed by atoms with Gasteiger partial charge in [-0.15, -0.1) is 0 Å². The summed E-state index contributed by atoms with van der Waals surface area (Å²) in [4.78, 5) is 4.20. The van der Waals surface area contributed by atoms with Crippen molar-refractivity contribution in [1.29, 1.82) is 5.26 Å². The maximum absolute atomic E-state index is 12.8. The van der Waals surface area contributed by atoms with Crippen LogP contribution < -0.4 is 4.72 Å². The number of hydrogen-bond acceptors (Lipinski definition) is 4. The molecule has 1 aromatic heterocycles. The molecular weight excluding hydrogens is 358 g/mol. The molecule has 1 fully saturated rings. The first kappa shape index (κ1) is 17.5. The highest BCUT2D eigenvalue weighted by atomic mass is 32.2. The zero-order chi connectivity index (χ0) is 18.9. The van der Waals surface area contributed by atoms with E-state index in [4.69, 9.17) is 0 Å². The fourth-order valence-corrected chi connectivity index (χ4v) is 5.37. The quantitative estimate of drug-likeness (QED) is 0.728. The second kappa shape index (κ2) is 7.01. The van der Waals surface area contributed by atoms with Crippen molar-refractivity contribution in [3.05, 3.63) is 60.4 Å². The summed E-state index contributed by atoms with van der Waals surface area (Å²) in [6, 6.07) is 15.2. The van der Waals surface area contributed by atoms with Crippen LogP contribution in [0.2, 0.25) is 0 Å². The highest BCUT2D eigenvalue weighted by Gasteiger charge is 2.29. The average Bonchev–Trinajstić information content (AvgIpc) is 3.23. The second-order valence-electron chi connectivity index (χ2n) is 6.79. The zero-order valence-electron chi connectivity index (χ0n) is 14.7. The number of nitrogens with one attached hydrogen (secondary N) is 1. The maximum Gasteiger partial charge on any atom is 0.235 e. The van der Waals surface area contributed by atoms with E-state index in [1.54, 1.807) is 24.5 Å². The lowest BCUT2D eigenvalue weighted by Gasteiger charge is -2.17. The average molecular weight is 377 g/mol. The van der Waals surface area contributed by atoms with E-state index in [-0.39, 0.29) is 5.25 Å². The van der Waals surface area contributed by atoms with Crippen LogP contribution in [0.1, 0.15) is 31.2 Å². The predicted octanol–water partition coefficient (Wildman–Crippen LogP) is 4.46. The molecule has 3 aromatic rings. The normalized spacial score (nSPS) is 14.9. The largest absolute Gasteiger partial charge is 0.283 e. The molecule has 0 amide bonds. The van der Waals surface area contributed by atoms with Crippen LogP contribution in [0.4, 0.5) is 5.69 Å². The minimum absolute atomic E-state index is 0.337. The van der Waals surface area contributed by atoms with E-state index in [0.717, 1.165) is 29.2 Å². The van der Waals surface area contributed by atoms with Gasteiger partial charge in [0, 0.05) is 23.3 Å². The van der Waals surface area contributed by atoms with Crippen LogP contribution in [0, 0.1) is 11.3 Å². The number of hydrogen-bond donors (Lipinski definition) is 1. The fraction of sp³-hybridized carbons (Fsp3) is 0.238. The van der Waals surface area contributed by atoms with Crippen molar-refractivity contribution in [2.75, 3.05) is 4.72 Å². The van der Waals surface area contributed by atoms with E-state index >= 15 is 0 Å². The molecule has 1 aliphatic carbocycles. The monoisotopic (exact) mass is 377 g/mol. The number of rotatable bonds is 4. The molecule has 0 atom stereocenters. The number of anilines is 1. The number of sulfonamides is 1. The van der Waals surface area contributed by atoms with E-state index in [2.05, 4.69) is 15.8 Å². The molecule has 0 bridgehead atoms. The lowest BCUT2D eigenvalue weighted by molar-refractivity contribution is 0.585. The van der Waals surface area contributed by atoms with E-state index in [1.807, 2.05) is 30.3 Å². The second-order valence-corrected chi connectivity index (χ2v) is 8.75. The third kappa shape index (κ3) is 3.26. The van der Waals surface area contributed by atoms with Crippen molar-refractivity contribution in [3.63, 3.8) is 0 Å². The summed E-state index contributed by atoms with van der Waals surface area (Å²) in [7, 11) is -3.44. The Hall–Kier alpha value is -2.91. The summed E-state index contributed by atoms with van der Waals surface area (Å²) in [5.41, 5.74) is 2.67. The van der Waals surface area contributed by atoms with Crippen molar-refractivity contribution in [2.45, 2.75) is 30.9 Å². The Balaban J connectivity index is 1.83. The van der Waals surface area contributed by atoms with E-state index in [0.29, 0.717) is 29.7 Å². The Bertz CT molecular complexity index is 1140. The Kier molecular flexibility index (Phi) is 4.54. The van der Waals surface area contributed by atoms with E-state index < -0.39 is 10.0 Å². The third-order valence-electron chi connectivity index (χ3n) is 5.15. The summed E-state index contributed by atoms with van der Waals surface area (Å²) in [5, 5.41) is 10.8. The Morgan fingerprint density at radius 2 is 1.74 bits per heavy atom. The smallest absolute Gasteiger partial charge is 0.235 e. The first-order valence-corrected chi connectivity index (χ1v) is 10.5. The van der Waals surface area contributed by atoms with Crippen LogP contribution in [0.25, 0.3) is 21.9 Å². The van der Waals surface area contributed by atoms with Gasteiger partial charge in [0.15, 0.2) is 0 Å². The lowest BCUT2D eigenvalue weighted by atomic mass is 9.95. The summed E-state index contributed by atoms with van der Waals surface area (Å²) >= 11 is 0. The number of aromatic nitrogens is 1. The molecular formula is C21H19N3O2S. The number of nitrogens with zero attached hydrogens (tertiary/aromatic N) is 2. The van der Waals surface area contributed by atoms with Gasteiger partial charge >= 0.3 is 0 Å². The van der Waals surface area contributed by atoms with Crippen LogP contribution >= 0.6 is 0 Å². The third-order valence-corrected chi connectivity index (χ3v) is 7.00. The van der Waals surface area contributed by atoms with E-state index in [1.165, 1.54) is 0 Å². The van der Waals surface area contributed by atoms with Gasteiger partial charge in [0.2, 0.25) is 10.0 Å². The molecule has 4 rings (SSSR count). The van der Waals surface area contributed by atoms with Crippen LogP contribution in [0.5, 0.6) is 0 Å². The van der Waals surface area contributed by atoms with E-state index in [9.17, 15) is 13.7 Å². The minimum Gasteiger partial charge on any atom is -0.283 e. The van der Waals surface area contributed by atoms with Crippen molar-refractivity contribution in [3.8, 4) is 17.2 Å². The van der Waals surface area contributed by atoms with Gasteiger partial charge < -0.3 is 0 Å². The fourth-order valence-electron chi connectivity index (χ4n) is 3.76. The summed E-state index contributed by atoms with van der Waals surface area (Å²) in [5.74, 6) is 0. The molecule has 1 heterocycles. The molecule has 0 aliphatic heterocycles. The molecule has 1 saturated carbocycles. The van der Waals surface area contributed by atoms with Crippen LogP contribution in [-0.2, 0) is 10.0 Å². The SMILES string of the molecule is N#Cc1ccc(-c2cnccc2NS(=O)(=O)C2CCCC2)c2ccccc12. The molecule has 2 aromatic carbocycles. The van der Waals surface area contributed by atoms with Crippen molar-refractivity contribution < 1.29 is 8.42 Å². The topological polar surface area (TPSA) is 82.8 Å². The standard InChI is InChI=1S/C21H19N3O2S/c22-13-15-9-10-19(18-8-4-3-7-17(15)18)20-14-23-12-11-21(20)24-27(25,26)16-5-1-2-6-16/h3-4,7-12,14,16H,1-2,5-6H2,(H,23,24). The molecule has 5 nitrogen and oxygen atoms in total. The minimum atomic E-state index is -3.44. The van der Waals surface area contributed by atoms with Crippen LogP contribution in [-0.4, -0.2) is 18.7 Å². The van der Waals surface area contributed by atoms with Crippen molar-refractivity contribution in [1.82, 2.24) is 4.98 Å². The zero-order valence-corrected chi connectivity index (χ0v) is 15.5. The maximum atomic E-state index is 12.8. The van der Waals surface area contributed by atoms with Crippen molar-refractivity contribution >= 4 is 26.5 Å². The number of benzene rings is 2. The molecule has 136 valence electrons. The molecule has 1 N–H and O–H groups in total. The summed E-state index contributed by atoms with van der Waals surface area (Å²) in [6.45, 7) is 0. The highest BCUT2D eigenvalue weighted by molar-refractivity contribution is 7.93.